The van der Waals surface area contributed by atoms with Gasteiger partial charge in [-0.1, -0.05) is 6.42 Å². The lowest BCUT2D eigenvalue weighted by atomic mass is 10.00. The van der Waals surface area contributed by atoms with Gasteiger partial charge in [0, 0.05) is 19.5 Å². The van der Waals surface area contributed by atoms with Crippen LogP contribution in [0.25, 0.3) is 0 Å². The summed E-state index contributed by atoms with van der Waals surface area (Å²) in [5.74, 6) is 0.0229. The van der Waals surface area contributed by atoms with Crippen molar-refractivity contribution in [2.24, 2.45) is 11.7 Å². The van der Waals surface area contributed by atoms with Gasteiger partial charge in [0.1, 0.15) is 0 Å². The molecule has 0 aromatic rings. The Balaban J connectivity index is 0.00000225. The van der Waals surface area contributed by atoms with E-state index in [1.54, 1.807) is 7.05 Å². The summed E-state index contributed by atoms with van der Waals surface area (Å²) in [7, 11) is 1.54. The van der Waals surface area contributed by atoms with Crippen molar-refractivity contribution in [2.75, 3.05) is 13.6 Å². The lowest BCUT2D eigenvalue weighted by Crippen LogP contribution is -2.37. The van der Waals surface area contributed by atoms with Crippen molar-refractivity contribution in [2.45, 2.75) is 31.7 Å². The van der Waals surface area contributed by atoms with Crippen molar-refractivity contribution >= 4 is 24.2 Å². The third-order valence-electron chi connectivity index (χ3n) is 2.89. The third kappa shape index (κ3) is 4.81. The van der Waals surface area contributed by atoms with E-state index in [9.17, 15) is 9.59 Å². The molecule has 0 heterocycles. The highest BCUT2D eigenvalue weighted by Gasteiger charge is 2.25. The molecule has 0 aliphatic heterocycles. The molecule has 1 fully saturated rings. The molecule has 0 aromatic carbocycles. The lowest BCUT2D eigenvalue weighted by molar-refractivity contribution is -0.126. The Morgan fingerprint density at radius 3 is 2.50 bits per heavy atom. The van der Waals surface area contributed by atoms with Crippen LogP contribution in [0.5, 0.6) is 0 Å². The van der Waals surface area contributed by atoms with E-state index in [1.807, 2.05) is 0 Å². The summed E-state index contributed by atoms with van der Waals surface area (Å²) in [5, 5.41) is 5.02. The van der Waals surface area contributed by atoms with Gasteiger partial charge in [0.2, 0.25) is 11.8 Å². The summed E-state index contributed by atoms with van der Waals surface area (Å²) in [6, 6.07) is 0.149. The first-order valence-electron chi connectivity index (χ1n) is 5.36. The molecule has 0 aromatic heterocycles. The standard InChI is InChI=1S/C10H19N3O2.ClH/c1-12-10(15)6-13-9(14)5-7-3-2-4-8(7)11;/h7-8H,2-6,11H2,1H3,(H,12,15)(H,13,14);1H/t7-,8+;/m0./s1. The van der Waals surface area contributed by atoms with Crippen LogP contribution in [0.3, 0.4) is 0 Å². The van der Waals surface area contributed by atoms with E-state index < -0.39 is 0 Å². The van der Waals surface area contributed by atoms with E-state index in [4.69, 9.17) is 5.73 Å². The second kappa shape index (κ2) is 7.46. The Morgan fingerprint density at radius 1 is 1.31 bits per heavy atom. The van der Waals surface area contributed by atoms with Gasteiger partial charge in [-0.15, -0.1) is 12.4 Å². The second-order valence-corrected chi connectivity index (χ2v) is 4.01. The normalized spacial score (nSPS) is 23.4. The van der Waals surface area contributed by atoms with Gasteiger partial charge in [-0.2, -0.15) is 0 Å². The van der Waals surface area contributed by atoms with Gasteiger partial charge in [-0.3, -0.25) is 9.59 Å². The van der Waals surface area contributed by atoms with E-state index in [0.717, 1.165) is 19.3 Å². The number of hydrogen-bond donors (Lipinski definition) is 3. The molecule has 5 nitrogen and oxygen atoms in total. The van der Waals surface area contributed by atoms with Gasteiger partial charge < -0.3 is 16.4 Å². The van der Waals surface area contributed by atoms with E-state index in [2.05, 4.69) is 10.6 Å². The van der Waals surface area contributed by atoms with Crippen molar-refractivity contribution in [1.82, 2.24) is 10.6 Å². The van der Waals surface area contributed by atoms with Crippen LogP contribution in [0.4, 0.5) is 0 Å². The van der Waals surface area contributed by atoms with Gasteiger partial charge in [0.15, 0.2) is 0 Å². The minimum Gasteiger partial charge on any atom is -0.358 e. The van der Waals surface area contributed by atoms with E-state index in [0.29, 0.717) is 6.42 Å². The summed E-state index contributed by atoms with van der Waals surface area (Å²) in [4.78, 5) is 22.3. The SMILES string of the molecule is CNC(=O)CNC(=O)C[C@@H]1CCC[C@H]1N.Cl. The van der Waals surface area contributed by atoms with Gasteiger partial charge in [-0.25, -0.2) is 0 Å². The molecule has 0 spiro atoms. The Morgan fingerprint density at radius 2 is 2.00 bits per heavy atom. The molecule has 2 atom stereocenters. The second-order valence-electron chi connectivity index (χ2n) is 4.01. The number of nitrogens with one attached hydrogen (secondary N) is 2. The predicted molar refractivity (Wildman–Crippen MR) is 64.3 cm³/mol. The molecule has 0 saturated heterocycles. The first kappa shape index (κ1) is 15.2. The number of hydrogen-bond acceptors (Lipinski definition) is 3. The summed E-state index contributed by atoms with van der Waals surface area (Å²) in [6.07, 6.45) is 3.58. The van der Waals surface area contributed by atoms with Crippen LogP contribution in [0.15, 0.2) is 0 Å². The van der Waals surface area contributed by atoms with Gasteiger partial charge in [0.25, 0.3) is 0 Å². The number of amides is 2. The average molecular weight is 250 g/mol. The average Bonchev–Trinajstić information content (AvgIpc) is 2.61. The Hall–Kier alpha value is -0.810. The van der Waals surface area contributed by atoms with Crippen LogP contribution in [0.2, 0.25) is 0 Å². The lowest BCUT2D eigenvalue weighted by Gasteiger charge is -2.14. The molecule has 6 heteroatoms. The van der Waals surface area contributed by atoms with Crippen LogP contribution in [0, 0.1) is 5.92 Å². The predicted octanol–water partition coefficient (Wildman–Crippen LogP) is -0.212. The minimum absolute atomic E-state index is 0. The van der Waals surface area contributed by atoms with Crippen LogP contribution < -0.4 is 16.4 Å². The summed E-state index contributed by atoms with van der Waals surface area (Å²) in [5.41, 5.74) is 5.85. The molecule has 1 aliphatic rings. The highest BCUT2D eigenvalue weighted by atomic mass is 35.5. The molecule has 1 aliphatic carbocycles. The number of carbonyl (C=O) groups is 2. The fourth-order valence-electron chi connectivity index (χ4n) is 1.90. The molecule has 0 bridgehead atoms. The minimum atomic E-state index is -0.181. The smallest absolute Gasteiger partial charge is 0.239 e. The molecular weight excluding hydrogens is 230 g/mol. The maximum absolute atomic E-state index is 11.4. The van der Waals surface area contributed by atoms with E-state index in [-0.39, 0.29) is 42.7 Å². The fourth-order valence-corrected chi connectivity index (χ4v) is 1.90. The van der Waals surface area contributed by atoms with Gasteiger partial charge >= 0.3 is 0 Å². The summed E-state index contributed by atoms with van der Waals surface area (Å²) >= 11 is 0. The Kier molecular flexibility index (Phi) is 7.08. The first-order valence-corrected chi connectivity index (χ1v) is 5.36. The zero-order chi connectivity index (χ0) is 11.3. The fraction of sp³-hybridized carbons (Fsp3) is 0.800. The molecule has 2 amide bonds. The summed E-state index contributed by atoms with van der Waals surface area (Å²) < 4.78 is 0. The number of carbonyl (C=O) groups excluding carboxylic acids is 2. The van der Waals surface area contributed by atoms with Crippen molar-refractivity contribution in [3.05, 3.63) is 0 Å². The van der Waals surface area contributed by atoms with E-state index in [1.165, 1.54) is 0 Å². The largest absolute Gasteiger partial charge is 0.358 e. The molecule has 0 radical (unpaired) electrons. The first-order chi connectivity index (χ1) is 7.13. The number of likely N-dealkylation sites (N-methyl/N-ethyl adjacent to an activating group) is 1. The zero-order valence-corrected chi connectivity index (χ0v) is 10.3. The van der Waals surface area contributed by atoms with Crippen molar-refractivity contribution in [1.29, 1.82) is 0 Å². The van der Waals surface area contributed by atoms with Crippen molar-refractivity contribution < 1.29 is 9.59 Å². The molecular formula is C10H20ClN3O2. The maximum atomic E-state index is 11.4. The number of rotatable bonds is 4. The van der Waals surface area contributed by atoms with Crippen molar-refractivity contribution in [3.8, 4) is 0 Å². The van der Waals surface area contributed by atoms with Crippen LogP contribution in [-0.2, 0) is 9.59 Å². The molecule has 4 N–H and O–H groups in total. The highest BCUT2D eigenvalue weighted by molar-refractivity contribution is 5.85. The van der Waals surface area contributed by atoms with Gasteiger partial charge in [-0.05, 0) is 18.8 Å². The quantitative estimate of drug-likeness (QED) is 0.645. The van der Waals surface area contributed by atoms with Crippen LogP contribution >= 0.6 is 12.4 Å². The van der Waals surface area contributed by atoms with Crippen LogP contribution in [-0.4, -0.2) is 31.4 Å². The molecule has 94 valence electrons. The number of nitrogens with two attached hydrogens (primary N) is 1. The summed E-state index contributed by atoms with van der Waals surface area (Å²) in [6.45, 7) is 0.0529. The Labute approximate surface area is 102 Å². The molecule has 16 heavy (non-hydrogen) atoms. The molecule has 1 saturated carbocycles. The number of halogens is 1. The highest BCUT2D eigenvalue weighted by Crippen LogP contribution is 2.26. The van der Waals surface area contributed by atoms with E-state index >= 15 is 0 Å². The maximum Gasteiger partial charge on any atom is 0.239 e. The van der Waals surface area contributed by atoms with Crippen LogP contribution in [0.1, 0.15) is 25.7 Å². The Bertz CT molecular complexity index is 248. The monoisotopic (exact) mass is 249 g/mol. The zero-order valence-electron chi connectivity index (χ0n) is 9.49. The third-order valence-corrected chi connectivity index (χ3v) is 2.89. The molecule has 1 rings (SSSR count). The van der Waals surface area contributed by atoms with Gasteiger partial charge in [0.05, 0.1) is 6.54 Å². The molecule has 0 unspecified atom stereocenters. The topological polar surface area (TPSA) is 84.2 Å². The van der Waals surface area contributed by atoms with Crippen molar-refractivity contribution in [3.63, 3.8) is 0 Å².